The molecular formula is C23H24N4O2. The fourth-order valence-electron chi connectivity index (χ4n) is 3.85. The smallest absolute Gasteiger partial charge is 0.251 e. The zero-order valence-electron chi connectivity index (χ0n) is 16.5. The van der Waals surface area contributed by atoms with Crippen LogP contribution in [0.5, 0.6) is 0 Å². The number of aromatic amines is 1. The molecule has 0 bridgehead atoms. The van der Waals surface area contributed by atoms with E-state index in [4.69, 9.17) is 4.98 Å². The van der Waals surface area contributed by atoms with E-state index in [1.54, 1.807) is 12.4 Å². The molecule has 0 unspecified atom stereocenters. The molecule has 6 nitrogen and oxygen atoms in total. The molecule has 148 valence electrons. The second-order valence-corrected chi connectivity index (χ2v) is 7.53. The molecule has 4 rings (SSSR count). The first-order valence-corrected chi connectivity index (χ1v) is 9.94. The first-order valence-electron chi connectivity index (χ1n) is 9.94. The molecule has 1 aliphatic heterocycles. The van der Waals surface area contributed by atoms with Crippen molar-refractivity contribution < 1.29 is 4.79 Å². The van der Waals surface area contributed by atoms with Gasteiger partial charge in [0.25, 0.3) is 5.56 Å². The van der Waals surface area contributed by atoms with Gasteiger partial charge in [0.05, 0.1) is 12.1 Å². The Morgan fingerprint density at radius 2 is 2.00 bits per heavy atom. The molecule has 0 spiro atoms. The van der Waals surface area contributed by atoms with Crippen molar-refractivity contribution in [2.75, 3.05) is 13.1 Å². The molecule has 3 aromatic rings. The minimum atomic E-state index is -0.176. The van der Waals surface area contributed by atoms with Crippen molar-refractivity contribution in [2.24, 2.45) is 0 Å². The lowest BCUT2D eigenvalue weighted by Gasteiger charge is -2.32. The Balaban J connectivity index is 1.53. The third-order valence-electron chi connectivity index (χ3n) is 5.50. The number of piperidine rings is 1. The lowest BCUT2D eigenvalue weighted by molar-refractivity contribution is -0.131. The zero-order valence-corrected chi connectivity index (χ0v) is 16.5. The predicted molar refractivity (Wildman–Crippen MR) is 112 cm³/mol. The maximum atomic E-state index is 12.9. The van der Waals surface area contributed by atoms with Gasteiger partial charge in [-0.25, -0.2) is 4.98 Å². The molecule has 0 radical (unpaired) electrons. The largest absolute Gasteiger partial charge is 0.342 e. The Bertz CT molecular complexity index is 1060. The second kappa shape index (κ2) is 8.39. The summed E-state index contributed by atoms with van der Waals surface area (Å²) in [5.74, 6) is 0.799. The monoisotopic (exact) mass is 388 g/mol. The van der Waals surface area contributed by atoms with Crippen LogP contribution < -0.4 is 5.56 Å². The van der Waals surface area contributed by atoms with Crippen LogP contribution in [0.1, 0.15) is 35.7 Å². The Labute approximate surface area is 169 Å². The van der Waals surface area contributed by atoms with E-state index in [1.165, 1.54) is 6.07 Å². The normalized spacial score (nSPS) is 16.6. The Hall–Kier alpha value is -3.28. The molecule has 0 saturated carbocycles. The Morgan fingerprint density at radius 1 is 1.21 bits per heavy atom. The maximum Gasteiger partial charge on any atom is 0.251 e. The summed E-state index contributed by atoms with van der Waals surface area (Å²) in [5, 5.41) is 0. The number of benzene rings is 1. The summed E-state index contributed by atoms with van der Waals surface area (Å²) in [6.45, 7) is 3.35. The third-order valence-corrected chi connectivity index (χ3v) is 5.50. The molecule has 1 N–H and O–H groups in total. The summed E-state index contributed by atoms with van der Waals surface area (Å²) in [4.78, 5) is 38.6. The van der Waals surface area contributed by atoms with Gasteiger partial charge >= 0.3 is 0 Å². The van der Waals surface area contributed by atoms with E-state index in [-0.39, 0.29) is 17.4 Å². The number of carbonyl (C=O) groups excluding carboxylic acids is 1. The van der Waals surface area contributed by atoms with Crippen molar-refractivity contribution in [1.82, 2.24) is 19.9 Å². The molecule has 0 aliphatic carbocycles. The molecule has 29 heavy (non-hydrogen) atoms. The average Bonchev–Trinajstić information content (AvgIpc) is 2.75. The summed E-state index contributed by atoms with van der Waals surface area (Å²) in [5.41, 5.74) is 3.51. The number of hydrogen-bond donors (Lipinski definition) is 1. The highest BCUT2D eigenvalue weighted by atomic mass is 16.2. The number of H-pyrrole nitrogens is 1. The molecule has 1 aliphatic rings. The number of nitrogens with one attached hydrogen (secondary N) is 1. The molecule has 1 amide bonds. The Morgan fingerprint density at radius 3 is 2.79 bits per heavy atom. The van der Waals surface area contributed by atoms with Crippen molar-refractivity contribution in [1.29, 1.82) is 0 Å². The topological polar surface area (TPSA) is 79.0 Å². The van der Waals surface area contributed by atoms with E-state index in [1.807, 2.05) is 48.2 Å². The van der Waals surface area contributed by atoms with E-state index >= 15 is 0 Å². The first-order chi connectivity index (χ1) is 14.1. The van der Waals surface area contributed by atoms with Crippen LogP contribution in [-0.2, 0) is 11.2 Å². The molecule has 1 aromatic carbocycles. The molecular weight excluding hydrogens is 364 g/mol. The quantitative estimate of drug-likeness (QED) is 0.745. The summed E-state index contributed by atoms with van der Waals surface area (Å²) >= 11 is 0. The first kappa shape index (κ1) is 19.1. The predicted octanol–water partition coefficient (Wildman–Crippen LogP) is 3.09. The highest BCUT2D eigenvalue weighted by molar-refractivity contribution is 5.79. The van der Waals surface area contributed by atoms with E-state index in [9.17, 15) is 9.59 Å². The van der Waals surface area contributed by atoms with Crippen LogP contribution in [0.15, 0.2) is 59.7 Å². The SMILES string of the molecule is Cc1ccccc1CC(=O)N1CCC[C@@H](c2nc(-c3ccncc3)cc(=O)[nH]2)C1. The lowest BCUT2D eigenvalue weighted by Crippen LogP contribution is -2.40. The van der Waals surface area contributed by atoms with Crippen LogP contribution in [0.3, 0.4) is 0 Å². The van der Waals surface area contributed by atoms with Crippen LogP contribution in [0.2, 0.25) is 0 Å². The van der Waals surface area contributed by atoms with Crippen LogP contribution >= 0.6 is 0 Å². The minimum Gasteiger partial charge on any atom is -0.342 e. The van der Waals surface area contributed by atoms with Crippen molar-refractivity contribution in [2.45, 2.75) is 32.1 Å². The lowest BCUT2D eigenvalue weighted by atomic mass is 9.96. The number of hydrogen-bond acceptors (Lipinski definition) is 4. The highest BCUT2D eigenvalue weighted by Crippen LogP contribution is 2.26. The summed E-state index contributed by atoms with van der Waals surface area (Å²) in [7, 11) is 0. The number of pyridine rings is 1. The highest BCUT2D eigenvalue weighted by Gasteiger charge is 2.26. The van der Waals surface area contributed by atoms with Gasteiger partial charge in [0.1, 0.15) is 5.82 Å². The third kappa shape index (κ3) is 4.42. The van der Waals surface area contributed by atoms with Crippen LogP contribution in [-0.4, -0.2) is 38.8 Å². The van der Waals surface area contributed by atoms with Crippen molar-refractivity contribution in [3.05, 3.63) is 82.2 Å². The summed E-state index contributed by atoms with van der Waals surface area (Å²) < 4.78 is 0. The second-order valence-electron chi connectivity index (χ2n) is 7.53. The van der Waals surface area contributed by atoms with Crippen LogP contribution in [0.4, 0.5) is 0 Å². The molecule has 1 saturated heterocycles. The number of amides is 1. The number of aryl methyl sites for hydroxylation is 1. The molecule has 2 aromatic heterocycles. The van der Waals surface area contributed by atoms with E-state index in [2.05, 4.69) is 9.97 Å². The van der Waals surface area contributed by atoms with Gasteiger partial charge in [-0.2, -0.15) is 0 Å². The fraction of sp³-hybridized carbons (Fsp3) is 0.304. The number of aromatic nitrogens is 3. The van der Waals surface area contributed by atoms with Crippen molar-refractivity contribution in [3.8, 4) is 11.3 Å². The van der Waals surface area contributed by atoms with Gasteiger partial charge in [-0.15, -0.1) is 0 Å². The van der Waals surface area contributed by atoms with Gasteiger partial charge < -0.3 is 9.88 Å². The van der Waals surface area contributed by atoms with E-state index in [0.717, 1.165) is 36.1 Å². The standard InChI is InChI=1S/C23H24N4O2/c1-16-5-2-3-6-18(16)13-22(29)27-12-4-7-19(15-27)23-25-20(14-21(28)26-23)17-8-10-24-11-9-17/h2-3,5-6,8-11,14,19H,4,7,12-13,15H2,1H3,(H,25,26,28)/t19-/m1/s1. The number of likely N-dealkylation sites (tertiary alicyclic amines) is 1. The Kier molecular flexibility index (Phi) is 5.51. The zero-order chi connectivity index (χ0) is 20.2. The van der Waals surface area contributed by atoms with Gasteiger partial charge in [-0.1, -0.05) is 24.3 Å². The molecule has 3 heterocycles. The summed E-state index contributed by atoms with van der Waals surface area (Å²) in [6.07, 6.45) is 5.57. The summed E-state index contributed by atoms with van der Waals surface area (Å²) in [6, 6.07) is 13.2. The fourth-order valence-corrected chi connectivity index (χ4v) is 3.85. The van der Waals surface area contributed by atoms with Crippen LogP contribution in [0.25, 0.3) is 11.3 Å². The van der Waals surface area contributed by atoms with Crippen molar-refractivity contribution >= 4 is 5.91 Å². The average molecular weight is 388 g/mol. The number of nitrogens with zero attached hydrogens (tertiary/aromatic N) is 3. The van der Waals surface area contributed by atoms with Crippen molar-refractivity contribution in [3.63, 3.8) is 0 Å². The van der Waals surface area contributed by atoms with E-state index < -0.39 is 0 Å². The molecule has 1 atom stereocenters. The van der Waals surface area contributed by atoms with Gasteiger partial charge in [-0.05, 0) is 43.0 Å². The molecule has 1 fully saturated rings. The van der Waals surface area contributed by atoms with Crippen LogP contribution in [0, 0.1) is 6.92 Å². The maximum absolute atomic E-state index is 12.9. The minimum absolute atomic E-state index is 0.0269. The molecule has 6 heteroatoms. The van der Waals surface area contributed by atoms with Gasteiger partial charge in [0.2, 0.25) is 5.91 Å². The van der Waals surface area contributed by atoms with Gasteiger partial charge in [0, 0.05) is 43.0 Å². The van der Waals surface area contributed by atoms with Gasteiger partial charge in [0.15, 0.2) is 0 Å². The van der Waals surface area contributed by atoms with Gasteiger partial charge in [-0.3, -0.25) is 14.6 Å². The number of carbonyl (C=O) groups is 1. The number of rotatable bonds is 4. The van der Waals surface area contributed by atoms with E-state index in [0.29, 0.717) is 24.5 Å².